The predicted octanol–water partition coefficient (Wildman–Crippen LogP) is 4.04. The minimum absolute atomic E-state index is 0.0922. The third-order valence-electron chi connectivity index (χ3n) is 5.90. The molecule has 0 aliphatic carbocycles. The van der Waals surface area contributed by atoms with E-state index in [1.165, 1.54) is 24.6 Å². The van der Waals surface area contributed by atoms with E-state index in [9.17, 15) is 25.0 Å². The summed E-state index contributed by atoms with van der Waals surface area (Å²) in [7, 11) is 1.99. The van der Waals surface area contributed by atoms with Gasteiger partial charge in [0.2, 0.25) is 6.29 Å². The highest BCUT2D eigenvalue weighted by Crippen LogP contribution is 2.32. The molecule has 4 atom stereocenters. The Morgan fingerprint density at radius 3 is 2.50 bits per heavy atom. The van der Waals surface area contributed by atoms with Crippen LogP contribution in [0.2, 0.25) is 0 Å². The van der Waals surface area contributed by atoms with Gasteiger partial charge in [-0.1, -0.05) is 30.3 Å². The summed E-state index contributed by atoms with van der Waals surface area (Å²) >= 11 is 0. The molecular weight excluding hydrogens is 444 g/mol. The predicted molar refractivity (Wildman–Crippen MR) is 124 cm³/mol. The smallest absolute Gasteiger partial charge is 0.305 e. The van der Waals surface area contributed by atoms with E-state index in [0.717, 1.165) is 6.07 Å². The lowest BCUT2D eigenvalue weighted by molar-refractivity contribution is -0.393. The summed E-state index contributed by atoms with van der Waals surface area (Å²) in [5.41, 5.74) is 0.440. The van der Waals surface area contributed by atoms with Gasteiger partial charge in [-0.15, -0.1) is 0 Å². The van der Waals surface area contributed by atoms with E-state index in [0.29, 0.717) is 19.4 Å². The summed E-state index contributed by atoms with van der Waals surface area (Å²) < 4.78 is 11.5. The maximum Gasteiger partial charge on any atom is 0.305 e. The molecule has 1 aliphatic rings. The van der Waals surface area contributed by atoms with E-state index in [1.807, 2.05) is 25.2 Å². The highest BCUT2D eigenvalue weighted by Gasteiger charge is 2.36. The van der Waals surface area contributed by atoms with Crippen LogP contribution >= 0.6 is 0 Å². The molecule has 34 heavy (non-hydrogen) atoms. The van der Waals surface area contributed by atoms with Gasteiger partial charge in [0, 0.05) is 25.6 Å². The van der Waals surface area contributed by atoms with E-state index >= 15 is 0 Å². The van der Waals surface area contributed by atoms with Crippen molar-refractivity contribution >= 4 is 23.0 Å². The van der Waals surface area contributed by atoms with Crippen LogP contribution in [-0.4, -0.2) is 52.7 Å². The molecule has 0 bridgehead atoms. The van der Waals surface area contributed by atoms with Gasteiger partial charge in [-0.05, 0) is 38.4 Å². The molecule has 182 valence electrons. The lowest BCUT2D eigenvalue weighted by Gasteiger charge is -2.38. The van der Waals surface area contributed by atoms with Gasteiger partial charge in [-0.3, -0.25) is 29.9 Å². The van der Waals surface area contributed by atoms with Gasteiger partial charge in [-0.25, -0.2) is 0 Å². The number of nitro benzene ring substituents is 2. The lowest BCUT2D eigenvalue weighted by atomic mass is 10.0. The largest absolute Gasteiger partial charge is 0.434 e. The molecule has 11 nitrogen and oxygen atoms in total. The van der Waals surface area contributed by atoms with E-state index in [4.69, 9.17) is 9.47 Å². The average Bonchev–Trinajstić information content (AvgIpc) is 2.80. The zero-order chi connectivity index (χ0) is 24.8. The summed E-state index contributed by atoms with van der Waals surface area (Å²) in [5, 5.41) is 25.5. The van der Waals surface area contributed by atoms with Crippen molar-refractivity contribution in [1.29, 1.82) is 0 Å². The summed E-state index contributed by atoms with van der Waals surface area (Å²) in [5.74, 6) is -0.540. The van der Waals surface area contributed by atoms with Gasteiger partial charge >= 0.3 is 5.97 Å². The maximum atomic E-state index is 11.7. The SMILES string of the molecule is CC(=O)OC1O[C@@H](CN(C)[C@@H](C)c2ccccc2)CC[C@@H]1Nc1ccc([N+](=O)[O-])cc1[N+](=O)[O-]. The Morgan fingerprint density at radius 1 is 1.18 bits per heavy atom. The number of likely N-dealkylation sites (N-methyl/N-ethyl adjacent to an activating group) is 1. The van der Waals surface area contributed by atoms with Gasteiger partial charge in [-0.2, -0.15) is 0 Å². The fraction of sp³-hybridized carbons (Fsp3) is 0.435. The monoisotopic (exact) mass is 472 g/mol. The first-order chi connectivity index (χ1) is 16.2. The summed E-state index contributed by atoms with van der Waals surface area (Å²) in [6, 6.07) is 13.0. The van der Waals surface area contributed by atoms with Gasteiger partial charge in [0.1, 0.15) is 5.69 Å². The fourth-order valence-corrected chi connectivity index (χ4v) is 3.97. The number of non-ortho nitro benzene ring substituents is 1. The Hall–Kier alpha value is -3.57. The molecule has 0 radical (unpaired) electrons. The van der Waals surface area contributed by atoms with E-state index in [1.54, 1.807) is 0 Å². The van der Waals surface area contributed by atoms with Crippen molar-refractivity contribution < 1.29 is 24.1 Å². The second-order valence-corrected chi connectivity index (χ2v) is 8.31. The van der Waals surface area contributed by atoms with Crippen LogP contribution in [0.25, 0.3) is 0 Å². The first-order valence-electron chi connectivity index (χ1n) is 10.9. The molecule has 1 N–H and O–H groups in total. The Labute approximate surface area is 197 Å². The van der Waals surface area contributed by atoms with Gasteiger partial charge in [0.15, 0.2) is 0 Å². The molecule has 0 amide bonds. The Morgan fingerprint density at radius 2 is 1.88 bits per heavy atom. The number of hydrogen-bond acceptors (Lipinski definition) is 9. The maximum absolute atomic E-state index is 11.7. The first-order valence-corrected chi connectivity index (χ1v) is 10.9. The van der Waals surface area contributed by atoms with Crippen LogP contribution in [0, 0.1) is 20.2 Å². The number of nitro groups is 2. The number of carbonyl (C=O) groups is 1. The minimum Gasteiger partial charge on any atom is -0.434 e. The van der Waals surface area contributed by atoms with Crippen molar-refractivity contribution in [2.24, 2.45) is 0 Å². The number of rotatable bonds is 9. The van der Waals surface area contributed by atoms with Crippen LogP contribution in [0.5, 0.6) is 0 Å². The average molecular weight is 472 g/mol. The molecule has 0 aromatic heterocycles. The molecule has 1 fully saturated rings. The van der Waals surface area contributed by atoms with Crippen LogP contribution < -0.4 is 5.32 Å². The number of benzene rings is 2. The number of carbonyl (C=O) groups excluding carboxylic acids is 1. The molecule has 1 unspecified atom stereocenters. The number of nitrogens with zero attached hydrogens (tertiary/aromatic N) is 3. The Bertz CT molecular complexity index is 1030. The second-order valence-electron chi connectivity index (χ2n) is 8.31. The number of ether oxygens (including phenoxy) is 2. The standard InChI is InChI=1S/C23H28N4O7/c1-15(17-7-5-4-6-8-17)25(3)14-19-10-12-21(23(34-19)33-16(2)28)24-20-11-9-18(26(29)30)13-22(20)27(31)32/h4-9,11,13,15,19,21,23-24H,10,12,14H2,1-3H3/t15-,19+,21-,23?/m0/s1. The normalized spacial score (nSPS) is 21.0. The summed E-state index contributed by atoms with van der Waals surface area (Å²) in [4.78, 5) is 34.9. The highest BCUT2D eigenvalue weighted by molar-refractivity contribution is 5.67. The molecular formula is C23H28N4O7. The summed E-state index contributed by atoms with van der Waals surface area (Å²) in [6.45, 7) is 3.96. The molecule has 1 aliphatic heterocycles. The van der Waals surface area contributed by atoms with Crippen LogP contribution in [0.15, 0.2) is 48.5 Å². The molecule has 1 heterocycles. The van der Waals surface area contributed by atoms with Crippen LogP contribution in [0.3, 0.4) is 0 Å². The molecule has 0 spiro atoms. The Balaban J connectivity index is 1.71. The number of anilines is 1. The van der Waals surface area contributed by atoms with Crippen molar-refractivity contribution in [2.45, 2.75) is 51.2 Å². The molecule has 2 aromatic rings. The van der Waals surface area contributed by atoms with Gasteiger partial charge in [0.25, 0.3) is 11.4 Å². The minimum atomic E-state index is -0.966. The van der Waals surface area contributed by atoms with Crippen LogP contribution in [0.1, 0.15) is 38.3 Å². The van der Waals surface area contributed by atoms with Crippen molar-refractivity contribution in [3.63, 3.8) is 0 Å². The third kappa shape index (κ3) is 6.27. The fourth-order valence-electron chi connectivity index (χ4n) is 3.97. The van der Waals surface area contributed by atoms with Crippen molar-refractivity contribution in [2.75, 3.05) is 18.9 Å². The van der Waals surface area contributed by atoms with Crippen molar-refractivity contribution in [1.82, 2.24) is 4.90 Å². The summed E-state index contributed by atoms with van der Waals surface area (Å²) in [6.07, 6.45) is -0.0382. The van der Waals surface area contributed by atoms with Crippen LogP contribution in [0.4, 0.5) is 17.1 Å². The third-order valence-corrected chi connectivity index (χ3v) is 5.90. The molecule has 0 saturated carbocycles. The van der Waals surface area contributed by atoms with E-state index < -0.39 is 33.8 Å². The van der Waals surface area contributed by atoms with Gasteiger partial charge in [0.05, 0.1) is 28.1 Å². The molecule has 2 aromatic carbocycles. The number of hydrogen-bond donors (Lipinski definition) is 1. The first kappa shape index (κ1) is 25.1. The second kappa shape index (κ2) is 11.0. The van der Waals surface area contributed by atoms with Gasteiger partial charge < -0.3 is 14.8 Å². The Kier molecular flexibility index (Phi) is 8.13. The lowest BCUT2D eigenvalue weighted by Crippen LogP contribution is -2.48. The number of nitrogens with one attached hydrogen (secondary N) is 1. The van der Waals surface area contributed by atoms with Crippen LogP contribution in [-0.2, 0) is 14.3 Å². The van der Waals surface area contributed by atoms with Crippen molar-refractivity contribution in [3.8, 4) is 0 Å². The van der Waals surface area contributed by atoms with E-state index in [2.05, 4.69) is 29.3 Å². The quantitative estimate of drug-likeness (QED) is 0.325. The molecule has 11 heteroatoms. The highest BCUT2D eigenvalue weighted by atomic mass is 16.7. The zero-order valence-electron chi connectivity index (χ0n) is 19.2. The topological polar surface area (TPSA) is 137 Å². The zero-order valence-corrected chi connectivity index (χ0v) is 19.2. The number of esters is 1. The van der Waals surface area contributed by atoms with E-state index in [-0.39, 0.29) is 23.5 Å². The molecule has 3 rings (SSSR count). The molecule has 1 saturated heterocycles. The van der Waals surface area contributed by atoms with Crippen molar-refractivity contribution in [3.05, 3.63) is 74.3 Å².